The van der Waals surface area contributed by atoms with E-state index in [1.807, 2.05) is 24.3 Å². The summed E-state index contributed by atoms with van der Waals surface area (Å²) in [5, 5.41) is 12.0. The molecule has 0 amide bonds. The van der Waals surface area contributed by atoms with E-state index < -0.39 is 0 Å². The van der Waals surface area contributed by atoms with E-state index in [4.69, 9.17) is 0 Å². The van der Waals surface area contributed by atoms with Gasteiger partial charge in [0.25, 0.3) is 0 Å². The number of hydrogen-bond acceptors (Lipinski definition) is 2. The Morgan fingerprint density at radius 2 is 1.53 bits per heavy atom. The van der Waals surface area contributed by atoms with E-state index in [1.54, 1.807) is 24.4 Å². The highest BCUT2D eigenvalue weighted by molar-refractivity contribution is 5.91. The maximum absolute atomic E-state index is 9.65. The monoisotopic (exact) mass is 247 g/mol. The van der Waals surface area contributed by atoms with Crippen molar-refractivity contribution in [2.75, 3.05) is 0 Å². The van der Waals surface area contributed by atoms with Crippen molar-refractivity contribution in [1.29, 1.82) is 0 Å². The molecule has 0 spiro atoms. The maximum Gasteiger partial charge on any atom is 0.141 e. The van der Waals surface area contributed by atoms with E-state index in [-0.39, 0.29) is 5.75 Å². The van der Waals surface area contributed by atoms with Crippen molar-refractivity contribution in [1.82, 2.24) is 0 Å². The maximum atomic E-state index is 9.65. The van der Waals surface area contributed by atoms with Crippen LogP contribution in [0.3, 0.4) is 0 Å². The van der Waals surface area contributed by atoms with Crippen LogP contribution in [0.2, 0.25) is 0 Å². The van der Waals surface area contributed by atoms with Crippen LogP contribution in [0.25, 0.3) is 10.8 Å². The quantitative estimate of drug-likeness (QED) is 0.673. The lowest BCUT2D eigenvalue weighted by Crippen LogP contribution is -1.81. The van der Waals surface area contributed by atoms with E-state index in [1.165, 1.54) is 10.8 Å². The summed E-state index contributed by atoms with van der Waals surface area (Å²) in [6.45, 7) is 0. The minimum absolute atomic E-state index is 0.194. The molecule has 0 unspecified atom stereocenters. The second-order valence-corrected chi connectivity index (χ2v) is 4.35. The van der Waals surface area contributed by atoms with Crippen molar-refractivity contribution < 1.29 is 5.11 Å². The lowest BCUT2D eigenvalue weighted by molar-refractivity contribution is 0.477. The van der Waals surface area contributed by atoms with Crippen molar-refractivity contribution in [3.63, 3.8) is 0 Å². The van der Waals surface area contributed by atoms with Crippen LogP contribution >= 0.6 is 0 Å². The van der Waals surface area contributed by atoms with Crippen molar-refractivity contribution in [3.8, 4) is 5.75 Å². The number of benzene rings is 3. The van der Waals surface area contributed by atoms with Crippen molar-refractivity contribution in [2.24, 2.45) is 4.99 Å². The summed E-state index contributed by atoms with van der Waals surface area (Å²) >= 11 is 0. The number of rotatable bonds is 2. The van der Waals surface area contributed by atoms with Crippen LogP contribution < -0.4 is 0 Å². The molecule has 0 heterocycles. The Morgan fingerprint density at radius 3 is 2.37 bits per heavy atom. The lowest BCUT2D eigenvalue weighted by atomic mass is 10.1. The van der Waals surface area contributed by atoms with Crippen LogP contribution in [0.5, 0.6) is 5.75 Å². The fourth-order valence-corrected chi connectivity index (χ4v) is 2.01. The molecule has 92 valence electrons. The normalized spacial score (nSPS) is 11.2. The summed E-state index contributed by atoms with van der Waals surface area (Å²) in [4.78, 5) is 4.31. The Balaban J connectivity index is 1.95. The third-order valence-corrected chi connectivity index (χ3v) is 3.01. The van der Waals surface area contributed by atoms with Gasteiger partial charge in [0, 0.05) is 6.21 Å². The summed E-state index contributed by atoms with van der Waals surface area (Å²) in [5.41, 5.74) is 1.60. The van der Waals surface area contributed by atoms with Gasteiger partial charge < -0.3 is 5.11 Å². The Labute approximate surface area is 111 Å². The third-order valence-electron chi connectivity index (χ3n) is 3.01. The van der Waals surface area contributed by atoms with Gasteiger partial charge in [0.1, 0.15) is 11.4 Å². The average molecular weight is 247 g/mol. The molecule has 0 aliphatic heterocycles. The minimum Gasteiger partial charge on any atom is -0.506 e. The standard InChI is InChI=1S/C17H13NO/c19-17-8-4-3-7-16(17)18-12-13-9-10-14-5-1-2-6-15(14)11-13/h1-12,19H. The van der Waals surface area contributed by atoms with Crippen LogP contribution in [0.4, 0.5) is 5.69 Å². The van der Waals surface area contributed by atoms with E-state index in [9.17, 15) is 5.11 Å². The van der Waals surface area contributed by atoms with Gasteiger partial charge >= 0.3 is 0 Å². The molecule has 3 aromatic rings. The van der Waals surface area contributed by atoms with Gasteiger partial charge in [-0.05, 0) is 34.5 Å². The van der Waals surface area contributed by atoms with E-state index in [2.05, 4.69) is 29.3 Å². The first-order valence-corrected chi connectivity index (χ1v) is 6.14. The molecule has 1 N–H and O–H groups in total. The molecule has 0 saturated carbocycles. The lowest BCUT2D eigenvalue weighted by Gasteiger charge is -2.00. The van der Waals surface area contributed by atoms with Gasteiger partial charge in [-0.3, -0.25) is 4.99 Å². The molecule has 0 saturated heterocycles. The molecular formula is C17H13NO. The summed E-state index contributed by atoms with van der Waals surface area (Å²) in [7, 11) is 0. The van der Waals surface area contributed by atoms with Gasteiger partial charge in [-0.1, -0.05) is 48.5 Å². The molecule has 0 aliphatic rings. The van der Waals surface area contributed by atoms with Crippen LogP contribution in [-0.4, -0.2) is 11.3 Å². The van der Waals surface area contributed by atoms with Crippen molar-refractivity contribution in [3.05, 3.63) is 72.3 Å². The molecule has 0 fully saturated rings. The summed E-state index contributed by atoms with van der Waals surface area (Å²) in [6.07, 6.45) is 1.77. The van der Waals surface area contributed by atoms with E-state index >= 15 is 0 Å². The predicted octanol–water partition coefficient (Wildman–Crippen LogP) is 4.30. The van der Waals surface area contributed by atoms with Crippen LogP contribution in [0.1, 0.15) is 5.56 Å². The fraction of sp³-hybridized carbons (Fsp3) is 0. The molecule has 0 bridgehead atoms. The smallest absolute Gasteiger partial charge is 0.141 e. The zero-order valence-electron chi connectivity index (χ0n) is 10.3. The highest BCUT2D eigenvalue weighted by Crippen LogP contribution is 2.24. The zero-order chi connectivity index (χ0) is 13.1. The number of aromatic hydroxyl groups is 1. The van der Waals surface area contributed by atoms with Crippen LogP contribution in [0.15, 0.2) is 71.7 Å². The van der Waals surface area contributed by atoms with Gasteiger partial charge in [-0.2, -0.15) is 0 Å². The molecule has 3 rings (SSSR count). The van der Waals surface area contributed by atoms with E-state index in [0.717, 1.165) is 5.56 Å². The molecule has 0 radical (unpaired) electrons. The Kier molecular flexibility index (Phi) is 2.99. The molecule has 0 aromatic heterocycles. The first-order chi connectivity index (χ1) is 9.33. The molecule has 0 aliphatic carbocycles. The molecule has 2 heteroatoms. The average Bonchev–Trinajstić information content (AvgIpc) is 2.46. The topological polar surface area (TPSA) is 32.6 Å². The van der Waals surface area contributed by atoms with Gasteiger partial charge in [-0.15, -0.1) is 0 Å². The summed E-state index contributed by atoms with van der Waals surface area (Å²) < 4.78 is 0. The predicted molar refractivity (Wildman–Crippen MR) is 79.3 cm³/mol. The van der Waals surface area contributed by atoms with E-state index in [0.29, 0.717) is 5.69 Å². The van der Waals surface area contributed by atoms with Crippen molar-refractivity contribution >= 4 is 22.7 Å². The minimum atomic E-state index is 0.194. The molecule has 2 nitrogen and oxygen atoms in total. The number of fused-ring (bicyclic) bond motifs is 1. The second kappa shape index (κ2) is 4.94. The number of phenols is 1. The summed E-state index contributed by atoms with van der Waals surface area (Å²) in [5.74, 6) is 0.194. The molecule has 3 aromatic carbocycles. The molecule has 19 heavy (non-hydrogen) atoms. The Hall–Kier alpha value is -2.61. The van der Waals surface area contributed by atoms with Gasteiger partial charge in [0.05, 0.1) is 0 Å². The molecular weight excluding hydrogens is 234 g/mol. The first-order valence-electron chi connectivity index (χ1n) is 6.14. The number of para-hydroxylation sites is 2. The number of hydrogen-bond donors (Lipinski definition) is 1. The van der Waals surface area contributed by atoms with Gasteiger partial charge in [0.15, 0.2) is 0 Å². The van der Waals surface area contributed by atoms with Crippen LogP contribution in [-0.2, 0) is 0 Å². The number of nitrogens with zero attached hydrogens (tertiary/aromatic N) is 1. The van der Waals surface area contributed by atoms with Gasteiger partial charge in [-0.25, -0.2) is 0 Å². The second-order valence-electron chi connectivity index (χ2n) is 4.35. The fourth-order valence-electron chi connectivity index (χ4n) is 2.01. The third kappa shape index (κ3) is 2.47. The highest BCUT2D eigenvalue weighted by atomic mass is 16.3. The number of phenolic OH excluding ortho intramolecular Hbond substituents is 1. The van der Waals surface area contributed by atoms with Crippen LogP contribution in [0, 0.1) is 0 Å². The highest BCUT2D eigenvalue weighted by Gasteiger charge is 1.96. The SMILES string of the molecule is Oc1ccccc1N=Cc1ccc2ccccc2c1. The van der Waals surface area contributed by atoms with Crippen molar-refractivity contribution in [2.45, 2.75) is 0 Å². The summed E-state index contributed by atoms with van der Waals surface area (Å²) in [6, 6.07) is 21.4. The Bertz CT molecular complexity index is 747. The first kappa shape index (κ1) is 11.5. The molecule has 0 atom stereocenters. The number of aliphatic imine (C=N–C) groups is 1. The Morgan fingerprint density at radius 1 is 0.789 bits per heavy atom. The van der Waals surface area contributed by atoms with Gasteiger partial charge in [0.2, 0.25) is 0 Å². The largest absolute Gasteiger partial charge is 0.506 e. The zero-order valence-corrected chi connectivity index (χ0v) is 10.3.